The van der Waals surface area contributed by atoms with Crippen molar-refractivity contribution in [2.24, 2.45) is 0 Å². The monoisotopic (exact) mass is 678 g/mol. The van der Waals surface area contributed by atoms with Crippen molar-refractivity contribution < 1.29 is 23.9 Å². The Kier molecular flexibility index (Phi) is 8.70. The van der Waals surface area contributed by atoms with Crippen LogP contribution in [0.1, 0.15) is 11.1 Å². The number of nitrogens with zero attached hydrogens (tertiary/aromatic N) is 1. The summed E-state index contributed by atoms with van der Waals surface area (Å²) in [5.74, 6) is 0.410. The number of ether oxygens (including phenoxy) is 2. The first-order valence-electron chi connectivity index (χ1n) is 10.7. The molecule has 0 atom stereocenters. The minimum atomic E-state index is -0.500. The van der Waals surface area contributed by atoms with Gasteiger partial charge in [0.05, 0.1) is 15.6 Å². The van der Waals surface area contributed by atoms with Crippen LogP contribution in [-0.2, 0) is 16.2 Å². The van der Waals surface area contributed by atoms with E-state index in [1.807, 2.05) is 42.5 Å². The van der Waals surface area contributed by atoms with Crippen molar-refractivity contribution in [3.8, 4) is 11.5 Å². The zero-order valence-electron chi connectivity index (χ0n) is 19.0. The summed E-state index contributed by atoms with van der Waals surface area (Å²) >= 11 is 6.40. The number of rotatable bonds is 8. The van der Waals surface area contributed by atoms with Crippen LogP contribution in [0.5, 0.6) is 11.5 Å². The lowest BCUT2D eigenvalue weighted by Crippen LogP contribution is -2.36. The number of thioether (sulfide) groups is 1. The van der Waals surface area contributed by atoms with Gasteiger partial charge in [0.25, 0.3) is 11.1 Å². The number of carbonyl (C=O) groups is 3. The molecule has 0 saturated carbocycles. The van der Waals surface area contributed by atoms with Crippen molar-refractivity contribution in [1.29, 1.82) is 0 Å². The predicted molar refractivity (Wildman–Crippen MR) is 152 cm³/mol. The summed E-state index contributed by atoms with van der Waals surface area (Å²) in [4.78, 5) is 38.9. The molecule has 1 saturated heterocycles. The van der Waals surface area contributed by atoms with E-state index in [1.54, 1.807) is 37.5 Å². The van der Waals surface area contributed by atoms with Gasteiger partial charge in [0, 0.05) is 10.2 Å². The van der Waals surface area contributed by atoms with Crippen LogP contribution in [0, 0.1) is 3.57 Å². The van der Waals surface area contributed by atoms with Crippen LogP contribution in [0.15, 0.2) is 76.1 Å². The molecule has 1 fully saturated rings. The molecule has 0 aliphatic carbocycles. The second-order valence-corrected chi connectivity index (χ2v) is 10.7. The fourth-order valence-electron chi connectivity index (χ4n) is 3.27. The van der Waals surface area contributed by atoms with Crippen molar-refractivity contribution in [3.63, 3.8) is 0 Å². The first-order chi connectivity index (χ1) is 17.3. The average Bonchev–Trinajstić information content (AvgIpc) is 3.12. The van der Waals surface area contributed by atoms with Gasteiger partial charge in [0.15, 0.2) is 0 Å². The fourth-order valence-corrected chi connectivity index (χ4v) is 5.07. The first kappa shape index (κ1) is 26.2. The molecule has 184 valence electrons. The van der Waals surface area contributed by atoms with Crippen LogP contribution in [0.25, 0.3) is 6.08 Å². The maximum absolute atomic E-state index is 12.8. The highest BCUT2D eigenvalue weighted by molar-refractivity contribution is 14.1. The molecule has 0 unspecified atom stereocenters. The molecule has 1 heterocycles. The number of hydrogen-bond donors (Lipinski definition) is 1. The highest BCUT2D eigenvalue weighted by Crippen LogP contribution is 2.33. The lowest BCUT2D eigenvalue weighted by Gasteiger charge is -2.12. The van der Waals surface area contributed by atoms with E-state index < -0.39 is 17.1 Å². The van der Waals surface area contributed by atoms with Gasteiger partial charge in [-0.05, 0) is 100 Å². The maximum Gasteiger partial charge on any atom is 0.294 e. The smallest absolute Gasteiger partial charge is 0.294 e. The first-order valence-corrected chi connectivity index (χ1v) is 13.4. The van der Waals surface area contributed by atoms with E-state index in [2.05, 4.69) is 43.8 Å². The van der Waals surface area contributed by atoms with Gasteiger partial charge in [0.1, 0.15) is 24.7 Å². The molecule has 7 nitrogen and oxygen atoms in total. The van der Waals surface area contributed by atoms with E-state index in [0.29, 0.717) is 18.0 Å². The van der Waals surface area contributed by atoms with E-state index in [4.69, 9.17) is 9.47 Å². The summed E-state index contributed by atoms with van der Waals surface area (Å²) in [5, 5.41) is 2.19. The topological polar surface area (TPSA) is 84.9 Å². The highest BCUT2D eigenvalue weighted by Gasteiger charge is 2.36. The summed E-state index contributed by atoms with van der Waals surface area (Å²) in [5.41, 5.74) is 2.34. The van der Waals surface area contributed by atoms with Gasteiger partial charge in [0.2, 0.25) is 5.91 Å². The Labute approximate surface area is 234 Å². The van der Waals surface area contributed by atoms with Crippen molar-refractivity contribution in [2.45, 2.75) is 6.61 Å². The lowest BCUT2D eigenvalue weighted by molar-refractivity contribution is -0.127. The largest absolute Gasteiger partial charge is 0.497 e. The minimum Gasteiger partial charge on any atom is -0.497 e. The van der Waals surface area contributed by atoms with Gasteiger partial charge in [-0.1, -0.05) is 34.1 Å². The van der Waals surface area contributed by atoms with Crippen molar-refractivity contribution in [2.75, 3.05) is 19.0 Å². The highest BCUT2D eigenvalue weighted by atomic mass is 127. The van der Waals surface area contributed by atoms with Crippen LogP contribution in [-0.4, -0.2) is 35.6 Å². The number of methoxy groups -OCH3 is 1. The van der Waals surface area contributed by atoms with E-state index >= 15 is 0 Å². The lowest BCUT2D eigenvalue weighted by atomic mass is 10.2. The van der Waals surface area contributed by atoms with Crippen LogP contribution >= 0.6 is 50.3 Å². The molecule has 0 aromatic heterocycles. The average molecular weight is 679 g/mol. The molecule has 3 aromatic carbocycles. The number of halogens is 2. The summed E-state index contributed by atoms with van der Waals surface area (Å²) in [6, 6.07) is 20.2. The van der Waals surface area contributed by atoms with E-state index in [0.717, 1.165) is 41.6 Å². The molecule has 0 radical (unpaired) electrons. The Bertz CT molecular complexity index is 1330. The molecular formula is C26H20BrIN2O5S. The quantitative estimate of drug-likeness (QED) is 0.222. The van der Waals surface area contributed by atoms with E-state index in [-0.39, 0.29) is 11.4 Å². The molecule has 1 aliphatic heterocycles. The molecule has 0 spiro atoms. The molecule has 0 bridgehead atoms. The summed E-state index contributed by atoms with van der Waals surface area (Å²) in [6.07, 6.45) is 1.65. The van der Waals surface area contributed by atoms with Gasteiger partial charge in [-0.3, -0.25) is 19.3 Å². The second-order valence-electron chi connectivity index (χ2n) is 7.65. The summed E-state index contributed by atoms with van der Waals surface area (Å²) in [7, 11) is 1.55. The molecule has 3 aromatic rings. The second kappa shape index (κ2) is 11.9. The normalized spacial score (nSPS) is 14.3. The molecule has 1 N–H and O–H groups in total. The fraction of sp³-hybridized carbons (Fsp3) is 0.115. The van der Waals surface area contributed by atoms with Crippen LogP contribution in [0.2, 0.25) is 0 Å². The van der Waals surface area contributed by atoms with Crippen molar-refractivity contribution >= 4 is 79.1 Å². The van der Waals surface area contributed by atoms with E-state index in [9.17, 15) is 14.4 Å². The van der Waals surface area contributed by atoms with Crippen molar-refractivity contribution in [3.05, 3.63) is 90.8 Å². The predicted octanol–water partition coefficient (Wildman–Crippen LogP) is 6.32. The summed E-state index contributed by atoms with van der Waals surface area (Å²) in [6.45, 7) is 0.0640. The van der Waals surface area contributed by atoms with Gasteiger partial charge in [-0.15, -0.1) is 0 Å². The third kappa shape index (κ3) is 6.68. The number of nitrogens with one attached hydrogen (secondary N) is 1. The number of anilines is 1. The third-order valence-corrected chi connectivity index (χ3v) is 7.39. The Morgan fingerprint density at radius 2 is 1.81 bits per heavy atom. The number of carbonyl (C=O) groups excluding carboxylic acids is 3. The molecular weight excluding hydrogens is 659 g/mol. The van der Waals surface area contributed by atoms with Gasteiger partial charge in [-0.25, -0.2) is 0 Å². The Morgan fingerprint density at radius 3 is 2.47 bits per heavy atom. The third-order valence-electron chi connectivity index (χ3n) is 5.11. The minimum absolute atomic E-state index is 0.261. The zero-order chi connectivity index (χ0) is 25.7. The Balaban J connectivity index is 1.38. The number of amides is 3. The number of hydrogen-bond acceptors (Lipinski definition) is 6. The zero-order valence-corrected chi connectivity index (χ0v) is 23.6. The molecule has 10 heteroatoms. The van der Waals surface area contributed by atoms with Gasteiger partial charge >= 0.3 is 0 Å². The SMILES string of the molecule is COc1ccc(NC(=O)CN2C(=O)S/C(=C/c3ccc(OCc4ccc(Br)cc4)c(I)c3)C2=O)cc1. The van der Waals surface area contributed by atoms with Crippen LogP contribution < -0.4 is 14.8 Å². The van der Waals surface area contributed by atoms with Crippen LogP contribution in [0.4, 0.5) is 10.5 Å². The van der Waals surface area contributed by atoms with Gasteiger partial charge < -0.3 is 14.8 Å². The number of benzene rings is 3. The molecule has 4 rings (SSSR count). The van der Waals surface area contributed by atoms with Crippen LogP contribution in [0.3, 0.4) is 0 Å². The summed E-state index contributed by atoms with van der Waals surface area (Å²) < 4.78 is 12.9. The van der Waals surface area contributed by atoms with Gasteiger partial charge in [-0.2, -0.15) is 0 Å². The molecule has 1 aliphatic rings. The maximum atomic E-state index is 12.8. The molecule has 36 heavy (non-hydrogen) atoms. The Morgan fingerprint density at radius 1 is 1.08 bits per heavy atom. The standard InChI is InChI=1S/C26H20BrIN2O5S/c1-34-20-9-7-19(8-10-20)29-24(31)14-30-25(32)23(36-26(30)33)13-17-4-11-22(21(28)12-17)35-15-16-2-5-18(27)6-3-16/h2-13H,14-15H2,1H3,(H,29,31)/b23-13+. The number of imide groups is 1. The molecule has 3 amide bonds. The Hall–Kier alpha value is -2.83. The van der Waals surface area contributed by atoms with E-state index in [1.165, 1.54) is 0 Å². The van der Waals surface area contributed by atoms with Crippen molar-refractivity contribution in [1.82, 2.24) is 4.90 Å².